The zero-order valence-electron chi connectivity index (χ0n) is 13.4. The van der Waals surface area contributed by atoms with E-state index in [0.717, 1.165) is 12.8 Å². The van der Waals surface area contributed by atoms with E-state index in [2.05, 4.69) is 12.2 Å². The second-order valence-corrected chi connectivity index (χ2v) is 6.39. The van der Waals surface area contributed by atoms with E-state index in [-0.39, 0.29) is 24.0 Å². The maximum atomic E-state index is 12.1. The van der Waals surface area contributed by atoms with Crippen LogP contribution in [-0.2, 0) is 9.53 Å². The molecule has 6 nitrogen and oxygen atoms in total. The Kier molecular flexibility index (Phi) is 6.95. The van der Waals surface area contributed by atoms with Gasteiger partial charge in [0.05, 0.1) is 12.7 Å². The average Bonchev–Trinajstić information content (AvgIpc) is 2.45. The van der Waals surface area contributed by atoms with Crippen molar-refractivity contribution < 1.29 is 19.4 Å². The van der Waals surface area contributed by atoms with Crippen molar-refractivity contribution in [3.8, 4) is 0 Å². The molecule has 6 heteroatoms. The smallest absolute Gasteiger partial charge is 0.317 e. The van der Waals surface area contributed by atoms with E-state index < -0.39 is 5.97 Å². The minimum atomic E-state index is -0.772. The van der Waals surface area contributed by atoms with Gasteiger partial charge in [-0.3, -0.25) is 4.79 Å². The molecule has 0 spiro atoms. The molecule has 1 heterocycles. The molecule has 0 aromatic carbocycles. The third-order valence-corrected chi connectivity index (χ3v) is 3.97. The molecule has 122 valence electrons. The molecule has 0 radical (unpaired) electrons. The van der Waals surface area contributed by atoms with E-state index in [1.807, 2.05) is 13.8 Å². The molecule has 1 atom stereocenters. The summed E-state index contributed by atoms with van der Waals surface area (Å²) in [7, 11) is 0. The molecule has 2 N–H and O–H groups in total. The van der Waals surface area contributed by atoms with Crippen molar-refractivity contribution in [2.75, 3.05) is 26.2 Å². The van der Waals surface area contributed by atoms with Crippen molar-refractivity contribution in [2.45, 2.75) is 52.6 Å². The summed E-state index contributed by atoms with van der Waals surface area (Å²) in [5.74, 6) is -0.772. The number of carbonyl (C=O) groups excluding carboxylic acids is 1. The number of aliphatic carboxylic acids is 1. The van der Waals surface area contributed by atoms with Crippen molar-refractivity contribution in [1.29, 1.82) is 0 Å². The standard InChI is InChI=1S/C15H28N2O4/c1-4-12-11-17(9-10-21-12)14(20)16-8-7-15(2,3)6-5-13(18)19/h12H,4-11H2,1-3H3,(H,16,20)(H,18,19). The van der Waals surface area contributed by atoms with Crippen LogP contribution in [0.4, 0.5) is 4.79 Å². The molecule has 1 fully saturated rings. The number of carboxylic acid groups (broad SMARTS) is 1. The van der Waals surface area contributed by atoms with Gasteiger partial charge in [0.25, 0.3) is 0 Å². The van der Waals surface area contributed by atoms with E-state index in [9.17, 15) is 9.59 Å². The lowest BCUT2D eigenvalue weighted by Crippen LogP contribution is -2.49. The number of hydrogen-bond acceptors (Lipinski definition) is 3. The highest BCUT2D eigenvalue weighted by molar-refractivity contribution is 5.74. The van der Waals surface area contributed by atoms with Crippen molar-refractivity contribution >= 4 is 12.0 Å². The lowest BCUT2D eigenvalue weighted by Gasteiger charge is -2.33. The highest BCUT2D eigenvalue weighted by atomic mass is 16.5. The van der Waals surface area contributed by atoms with E-state index in [0.29, 0.717) is 32.7 Å². The average molecular weight is 300 g/mol. The normalized spacial score (nSPS) is 19.4. The summed E-state index contributed by atoms with van der Waals surface area (Å²) in [4.78, 5) is 24.5. The van der Waals surface area contributed by atoms with Crippen molar-refractivity contribution in [3.63, 3.8) is 0 Å². The van der Waals surface area contributed by atoms with Crippen LogP contribution >= 0.6 is 0 Å². The summed E-state index contributed by atoms with van der Waals surface area (Å²) < 4.78 is 5.54. The molecule has 0 aromatic heterocycles. The Balaban J connectivity index is 2.27. The molecule has 21 heavy (non-hydrogen) atoms. The van der Waals surface area contributed by atoms with Crippen LogP contribution in [0.3, 0.4) is 0 Å². The van der Waals surface area contributed by atoms with E-state index in [1.54, 1.807) is 4.90 Å². The molecule has 1 rings (SSSR count). The molecular formula is C15H28N2O4. The first-order valence-electron chi connectivity index (χ1n) is 7.70. The Bertz CT molecular complexity index is 358. The molecule has 2 amide bonds. The second-order valence-electron chi connectivity index (χ2n) is 6.39. The van der Waals surface area contributed by atoms with E-state index in [4.69, 9.17) is 9.84 Å². The van der Waals surface area contributed by atoms with Gasteiger partial charge in [0.1, 0.15) is 0 Å². The van der Waals surface area contributed by atoms with Crippen molar-refractivity contribution in [3.05, 3.63) is 0 Å². The number of nitrogens with one attached hydrogen (secondary N) is 1. The van der Waals surface area contributed by atoms with Gasteiger partial charge in [0.2, 0.25) is 0 Å². The molecule has 0 aliphatic carbocycles. The van der Waals surface area contributed by atoms with Gasteiger partial charge < -0.3 is 20.1 Å². The third-order valence-electron chi connectivity index (χ3n) is 3.97. The van der Waals surface area contributed by atoms with Crippen molar-refractivity contribution in [1.82, 2.24) is 10.2 Å². The summed E-state index contributed by atoms with van der Waals surface area (Å²) in [5.41, 5.74) is -0.0807. The Morgan fingerprint density at radius 3 is 2.71 bits per heavy atom. The van der Waals surface area contributed by atoms with Gasteiger partial charge >= 0.3 is 12.0 Å². The maximum absolute atomic E-state index is 12.1. The number of urea groups is 1. The van der Waals surface area contributed by atoms with Crippen LogP contribution in [0.2, 0.25) is 0 Å². The first kappa shape index (κ1) is 17.8. The summed E-state index contributed by atoms with van der Waals surface area (Å²) in [6, 6.07) is -0.0502. The fraction of sp³-hybridized carbons (Fsp3) is 0.867. The number of amides is 2. The highest BCUT2D eigenvalue weighted by Gasteiger charge is 2.24. The van der Waals surface area contributed by atoms with Gasteiger partial charge in [0, 0.05) is 26.1 Å². The number of carbonyl (C=O) groups is 2. The summed E-state index contributed by atoms with van der Waals surface area (Å²) in [6.45, 7) is 8.55. The molecule has 0 bridgehead atoms. The fourth-order valence-electron chi connectivity index (χ4n) is 2.34. The number of ether oxygens (including phenoxy) is 1. The van der Waals surface area contributed by atoms with Gasteiger partial charge in [-0.05, 0) is 24.7 Å². The van der Waals surface area contributed by atoms with Crippen LogP contribution in [0, 0.1) is 5.41 Å². The van der Waals surface area contributed by atoms with Gasteiger partial charge in [-0.25, -0.2) is 4.79 Å². The SMILES string of the molecule is CCC1CN(C(=O)NCCC(C)(C)CCC(=O)O)CCO1. The Morgan fingerprint density at radius 2 is 2.10 bits per heavy atom. The van der Waals surface area contributed by atoms with Crippen LogP contribution in [0.25, 0.3) is 0 Å². The monoisotopic (exact) mass is 300 g/mol. The molecule has 0 aromatic rings. The Labute approximate surface area is 126 Å². The quantitative estimate of drug-likeness (QED) is 0.754. The number of nitrogens with zero attached hydrogens (tertiary/aromatic N) is 1. The van der Waals surface area contributed by atoms with E-state index in [1.165, 1.54) is 0 Å². The maximum Gasteiger partial charge on any atom is 0.317 e. The molecule has 1 unspecified atom stereocenters. The Hall–Kier alpha value is -1.30. The molecular weight excluding hydrogens is 272 g/mol. The topological polar surface area (TPSA) is 78.9 Å². The minimum absolute atomic E-state index is 0.0502. The van der Waals surface area contributed by atoms with Gasteiger partial charge in [-0.2, -0.15) is 0 Å². The van der Waals surface area contributed by atoms with Crippen LogP contribution in [0.5, 0.6) is 0 Å². The summed E-state index contributed by atoms with van der Waals surface area (Å²) in [6.07, 6.45) is 2.60. The second kappa shape index (κ2) is 8.22. The Morgan fingerprint density at radius 1 is 1.38 bits per heavy atom. The lowest BCUT2D eigenvalue weighted by molar-refractivity contribution is -0.137. The van der Waals surface area contributed by atoms with E-state index >= 15 is 0 Å². The van der Waals surface area contributed by atoms with Gasteiger partial charge in [0.15, 0.2) is 0 Å². The lowest BCUT2D eigenvalue weighted by atomic mass is 9.84. The zero-order chi connectivity index (χ0) is 15.9. The number of hydrogen-bond donors (Lipinski definition) is 2. The predicted octanol–water partition coefficient (Wildman–Crippen LogP) is 2.09. The van der Waals surface area contributed by atoms with Crippen LogP contribution in [0.15, 0.2) is 0 Å². The largest absolute Gasteiger partial charge is 0.481 e. The molecule has 1 aliphatic heterocycles. The molecule has 0 saturated carbocycles. The first-order valence-corrected chi connectivity index (χ1v) is 7.70. The number of carboxylic acids is 1. The summed E-state index contributed by atoms with van der Waals surface area (Å²) >= 11 is 0. The summed E-state index contributed by atoms with van der Waals surface area (Å²) in [5, 5.41) is 11.6. The zero-order valence-corrected chi connectivity index (χ0v) is 13.4. The minimum Gasteiger partial charge on any atom is -0.481 e. The predicted molar refractivity (Wildman–Crippen MR) is 80.3 cm³/mol. The van der Waals surface area contributed by atoms with Crippen molar-refractivity contribution in [2.24, 2.45) is 5.41 Å². The highest BCUT2D eigenvalue weighted by Crippen LogP contribution is 2.26. The molecule has 1 aliphatic rings. The van der Waals surface area contributed by atoms with Crippen LogP contribution in [-0.4, -0.2) is 54.4 Å². The number of rotatable bonds is 7. The fourth-order valence-corrected chi connectivity index (χ4v) is 2.34. The third kappa shape index (κ3) is 6.80. The number of morpholine rings is 1. The molecule has 1 saturated heterocycles. The van der Waals surface area contributed by atoms with Gasteiger partial charge in [-0.1, -0.05) is 20.8 Å². The van der Waals surface area contributed by atoms with Gasteiger partial charge in [-0.15, -0.1) is 0 Å². The first-order chi connectivity index (χ1) is 9.84. The van der Waals surface area contributed by atoms with Crippen LogP contribution in [0.1, 0.15) is 46.5 Å². The van der Waals surface area contributed by atoms with Crippen LogP contribution < -0.4 is 5.32 Å².